The average molecular weight is 307 g/mol. The Hall–Kier alpha value is -3.21. The molecule has 0 saturated heterocycles. The fraction of sp³-hybridized carbons (Fsp3) is 0.0556. The van der Waals surface area contributed by atoms with E-state index in [2.05, 4.69) is 4.98 Å². The first-order valence-corrected chi connectivity index (χ1v) is 6.95. The summed E-state index contributed by atoms with van der Waals surface area (Å²) >= 11 is 0. The summed E-state index contributed by atoms with van der Waals surface area (Å²) in [4.78, 5) is 27.5. The van der Waals surface area contributed by atoms with Gasteiger partial charge in [0.2, 0.25) is 0 Å². The number of aromatic carboxylic acids is 1. The van der Waals surface area contributed by atoms with Crippen LogP contribution < -0.4 is 0 Å². The molecule has 3 aromatic rings. The summed E-state index contributed by atoms with van der Waals surface area (Å²) in [5.74, 6) is -1.24. The van der Waals surface area contributed by atoms with Crippen LogP contribution >= 0.6 is 0 Å². The van der Waals surface area contributed by atoms with Gasteiger partial charge in [-0.3, -0.25) is 4.79 Å². The van der Waals surface area contributed by atoms with Crippen molar-refractivity contribution in [1.82, 2.24) is 4.98 Å². The zero-order valence-corrected chi connectivity index (χ0v) is 12.3. The predicted octanol–water partition coefficient (Wildman–Crippen LogP) is 3.51. The minimum absolute atomic E-state index is 0.0241. The second kappa shape index (κ2) is 5.53. The molecule has 2 aromatic carbocycles. The number of fused-ring (bicyclic) bond motifs is 1. The number of carbonyl (C=O) groups excluding carboxylic acids is 1. The monoisotopic (exact) mass is 307 g/mol. The van der Waals surface area contributed by atoms with E-state index in [4.69, 9.17) is 0 Å². The minimum Gasteiger partial charge on any atom is -0.507 e. The molecule has 0 saturated carbocycles. The third-order valence-corrected chi connectivity index (χ3v) is 3.63. The number of hydrogen-bond donors (Lipinski definition) is 2. The number of phenolic OH excluding ortho intramolecular Hbond substituents is 1. The molecule has 0 spiro atoms. The molecule has 0 atom stereocenters. The Labute approximate surface area is 131 Å². The number of para-hydroxylation sites is 1. The van der Waals surface area contributed by atoms with Crippen molar-refractivity contribution in [2.45, 2.75) is 6.92 Å². The van der Waals surface area contributed by atoms with Gasteiger partial charge < -0.3 is 10.2 Å². The SMILES string of the molecule is CC(=O)c1ccc2nc(-c3ccccc3O)cc(C(=O)O)c2c1. The van der Waals surface area contributed by atoms with Crippen molar-refractivity contribution in [3.8, 4) is 17.0 Å². The van der Waals surface area contributed by atoms with E-state index in [-0.39, 0.29) is 17.1 Å². The van der Waals surface area contributed by atoms with Crippen LogP contribution in [0.4, 0.5) is 0 Å². The number of phenols is 1. The molecular formula is C18H13NO4. The molecule has 23 heavy (non-hydrogen) atoms. The molecule has 0 fully saturated rings. The zero-order valence-electron chi connectivity index (χ0n) is 12.3. The molecule has 2 N–H and O–H groups in total. The summed E-state index contributed by atoms with van der Waals surface area (Å²) in [6.45, 7) is 1.42. The Balaban J connectivity index is 2.32. The Morgan fingerprint density at radius 3 is 2.43 bits per heavy atom. The van der Waals surface area contributed by atoms with Crippen LogP contribution in [-0.2, 0) is 0 Å². The minimum atomic E-state index is -1.12. The number of ketones is 1. The normalized spacial score (nSPS) is 10.7. The van der Waals surface area contributed by atoms with Gasteiger partial charge in [-0.05, 0) is 43.3 Å². The number of carboxylic acid groups (broad SMARTS) is 1. The van der Waals surface area contributed by atoms with Gasteiger partial charge in [0, 0.05) is 16.5 Å². The number of hydrogen-bond acceptors (Lipinski definition) is 4. The highest BCUT2D eigenvalue weighted by atomic mass is 16.4. The third-order valence-electron chi connectivity index (χ3n) is 3.63. The molecule has 1 heterocycles. The number of aromatic nitrogens is 1. The molecule has 0 bridgehead atoms. The molecule has 0 radical (unpaired) electrons. The van der Waals surface area contributed by atoms with Crippen LogP contribution in [-0.4, -0.2) is 26.9 Å². The average Bonchev–Trinajstić information content (AvgIpc) is 2.53. The number of pyridine rings is 1. The fourth-order valence-corrected chi connectivity index (χ4v) is 2.45. The molecule has 1 aromatic heterocycles. The van der Waals surface area contributed by atoms with Crippen molar-refractivity contribution in [3.05, 3.63) is 59.7 Å². The topological polar surface area (TPSA) is 87.5 Å². The first-order valence-electron chi connectivity index (χ1n) is 6.95. The van der Waals surface area contributed by atoms with E-state index < -0.39 is 5.97 Å². The number of aromatic hydroxyl groups is 1. The molecule has 114 valence electrons. The summed E-state index contributed by atoms with van der Waals surface area (Å²) in [5, 5.41) is 19.8. The Morgan fingerprint density at radius 2 is 1.78 bits per heavy atom. The Morgan fingerprint density at radius 1 is 1.04 bits per heavy atom. The van der Waals surface area contributed by atoms with E-state index in [1.807, 2.05) is 0 Å². The van der Waals surface area contributed by atoms with Gasteiger partial charge in [-0.15, -0.1) is 0 Å². The summed E-state index contributed by atoms with van der Waals surface area (Å²) in [7, 11) is 0. The molecule has 0 aliphatic rings. The quantitative estimate of drug-likeness (QED) is 0.723. The number of nitrogens with zero attached hydrogens (tertiary/aromatic N) is 1. The molecule has 5 heteroatoms. The first-order chi connectivity index (χ1) is 11.0. The van der Waals surface area contributed by atoms with Crippen LogP contribution in [0.2, 0.25) is 0 Å². The maximum atomic E-state index is 11.6. The van der Waals surface area contributed by atoms with Crippen LogP contribution in [0.15, 0.2) is 48.5 Å². The van der Waals surface area contributed by atoms with Crippen LogP contribution in [0, 0.1) is 0 Å². The van der Waals surface area contributed by atoms with Gasteiger partial charge >= 0.3 is 5.97 Å². The van der Waals surface area contributed by atoms with Gasteiger partial charge in [-0.25, -0.2) is 9.78 Å². The number of rotatable bonds is 3. The van der Waals surface area contributed by atoms with E-state index in [0.29, 0.717) is 27.7 Å². The van der Waals surface area contributed by atoms with Crippen molar-refractivity contribution in [1.29, 1.82) is 0 Å². The summed E-state index contributed by atoms with van der Waals surface area (Å²) in [6.07, 6.45) is 0. The van der Waals surface area contributed by atoms with Gasteiger partial charge in [0.15, 0.2) is 5.78 Å². The molecule has 5 nitrogen and oxygen atoms in total. The molecular weight excluding hydrogens is 294 g/mol. The van der Waals surface area contributed by atoms with Gasteiger partial charge in [-0.2, -0.15) is 0 Å². The lowest BCUT2D eigenvalue weighted by atomic mass is 10.0. The number of carboxylic acids is 1. The Kier molecular flexibility index (Phi) is 3.54. The van der Waals surface area contributed by atoms with E-state index in [1.165, 1.54) is 25.1 Å². The summed E-state index contributed by atoms with van der Waals surface area (Å²) in [6, 6.07) is 12.8. The number of benzene rings is 2. The summed E-state index contributed by atoms with van der Waals surface area (Å²) < 4.78 is 0. The van der Waals surface area contributed by atoms with Gasteiger partial charge in [0.1, 0.15) is 5.75 Å². The van der Waals surface area contributed by atoms with Gasteiger partial charge in [0.25, 0.3) is 0 Å². The highest BCUT2D eigenvalue weighted by molar-refractivity contribution is 6.06. The largest absolute Gasteiger partial charge is 0.507 e. The van der Waals surface area contributed by atoms with Gasteiger partial charge in [0.05, 0.1) is 16.8 Å². The number of carbonyl (C=O) groups is 2. The van der Waals surface area contributed by atoms with E-state index in [0.717, 1.165) is 0 Å². The van der Waals surface area contributed by atoms with Crippen molar-refractivity contribution >= 4 is 22.7 Å². The Bertz CT molecular complexity index is 947. The molecule has 0 aliphatic carbocycles. The second-order valence-corrected chi connectivity index (χ2v) is 5.17. The van der Waals surface area contributed by atoms with Crippen molar-refractivity contribution < 1.29 is 19.8 Å². The third kappa shape index (κ3) is 2.64. The maximum absolute atomic E-state index is 11.6. The standard InChI is InChI=1S/C18H13NO4/c1-10(20)11-6-7-15-13(8-11)14(18(22)23)9-16(19-15)12-4-2-3-5-17(12)21/h2-9,21H,1H3,(H,22,23). The summed E-state index contributed by atoms with van der Waals surface area (Å²) in [5.41, 5.74) is 1.73. The highest BCUT2D eigenvalue weighted by Crippen LogP contribution is 2.31. The van der Waals surface area contributed by atoms with Gasteiger partial charge in [-0.1, -0.05) is 12.1 Å². The fourth-order valence-electron chi connectivity index (χ4n) is 2.45. The first kappa shape index (κ1) is 14.7. The zero-order chi connectivity index (χ0) is 16.6. The van der Waals surface area contributed by atoms with Crippen molar-refractivity contribution in [3.63, 3.8) is 0 Å². The van der Waals surface area contributed by atoms with Crippen LogP contribution in [0.3, 0.4) is 0 Å². The highest BCUT2D eigenvalue weighted by Gasteiger charge is 2.15. The second-order valence-electron chi connectivity index (χ2n) is 5.17. The maximum Gasteiger partial charge on any atom is 0.336 e. The van der Waals surface area contributed by atoms with Crippen LogP contribution in [0.5, 0.6) is 5.75 Å². The molecule has 0 aliphatic heterocycles. The lowest BCUT2D eigenvalue weighted by Crippen LogP contribution is -2.02. The van der Waals surface area contributed by atoms with Crippen molar-refractivity contribution in [2.75, 3.05) is 0 Å². The molecule has 3 rings (SSSR count). The van der Waals surface area contributed by atoms with Crippen molar-refractivity contribution in [2.24, 2.45) is 0 Å². The lowest BCUT2D eigenvalue weighted by molar-refractivity contribution is 0.0698. The smallest absolute Gasteiger partial charge is 0.336 e. The number of Topliss-reactive ketones (excluding diaryl/α,β-unsaturated/α-hetero) is 1. The van der Waals surface area contributed by atoms with E-state index in [9.17, 15) is 19.8 Å². The molecule has 0 unspecified atom stereocenters. The lowest BCUT2D eigenvalue weighted by Gasteiger charge is -2.09. The van der Waals surface area contributed by atoms with Crippen LogP contribution in [0.1, 0.15) is 27.6 Å². The van der Waals surface area contributed by atoms with Crippen LogP contribution in [0.25, 0.3) is 22.2 Å². The van der Waals surface area contributed by atoms with E-state index >= 15 is 0 Å². The molecule has 0 amide bonds. The van der Waals surface area contributed by atoms with E-state index in [1.54, 1.807) is 30.3 Å². The predicted molar refractivity (Wildman–Crippen MR) is 85.8 cm³/mol.